The molecule has 0 atom stereocenters. The molecule has 0 aromatic heterocycles. The van der Waals surface area contributed by atoms with Gasteiger partial charge in [0.05, 0.1) is 7.11 Å². The van der Waals surface area contributed by atoms with Crippen LogP contribution in [-0.2, 0) is 6.54 Å². The van der Waals surface area contributed by atoms with E-state index in [0.29, 0.717) is 6.73 Å². The van der Waals surface area contributed by atoms with E-state index in [2.05, 4.69) is 11.5 Å². The number of nitrogens with zero attached hydrogens (tertiary/aromatic N) is 1. The van der Waals surface area contributed by atoms with Crippen molar-refractivity contribution in [2.24, 2.45) is 0 Å². The third-order valence-electron chi connectivity index (χ3n) is 2.70. The van der Waals surface area contributed by atoms with Gasteiger partial charge in [-0.3, -0.25) is 4.90 Å². The molecule has 0 amide bonds. The van der Waals surface area contributed by atoms with E-state index >= 15 is 0 Å². The van der Waals surface area contributed by atoms with E-state index in [1.54, 1.807) is 13.2 Å². The summed E-state index contributed by atoms with van der Waals surface area (Å²) in [6.07, 6.45) is 2.53. The summed E-state index contributed by atoms with van der Waals surface area (Å²) in [5.41, 5.74) is 1.14. The highest BCUT2D eigenvalue weighted by Gasteiger charge is 2.17. The number of ether oxygens (including phenoxy) is 2. The molecular weight excluding hydrogens is 242 g/mol. The van der Waals surface area contributed by atoms with Gasteiger partial charge in [0.25, 0.3) is 0 Å². The molecule has 2 rings (SSSR count). The maximum Gasteiger partial charge on any atom is 0.142 e. The fourth-order valence-corrected chi connectivity index (χ4v) is 1.83. The lowest BCUT2D eigenvalue weighted by Crippen LogP contribution is -2.33. The summed E-state index contributed by atoms with van der Waals surface area (Å²) >= 11 is 0. The van der Waals surface area contributed by atoms with Crippen LogP contribution in [0.5, 0.6) is 11.5 Å². The monoisotopic (exact) mass is 265 g/mol. The van der Waals surface area contributed by atoms with Gasteiger partial charge in [-0.1, -0.05) is 6.08 Å². The molecule has 0 unspecified atom stereocenters. The maximum absolute atomic E-state index is 8.79. The van der Waals surface area contributed by atoms with Crippen LogP contribution in [0.25, 0.3) is 0 Å². The van der Waals surface area contributed by atoms with Crippen LogP contribution in [0, 0.1) is 0 Å². The first kappa shape index (κ1) is 15.5. The zero-order valence-electron chi connectivity index (χ0n) is 11.8. The molecular formula is C15H23NO3. The molecule has 1 aromatic rings. The quantitative estimate of drug-likeness (QED) is 0.849. The highest BCUT2D eigenvalue weighted by atomic mass is 16.5. The Morgan fingerprint density at radius 1 is 1.53 bits per heavy atom. The first-order valence-corrected chi connectivity index (χ1v) is 6.45. The van der Waals surface area contributed by atoms with Crippen LogP contribution in [0.4, 0.5) is 0 Å². The fourth-order valence-electron chi connectivity index (χ4n) is 1.83. The molecule has 0 saturated carbocycles. The van der Waals surface area contributed by atoms with E-state index < -0.39 is 0 Å². The Bertz CT molecular complexity index is 393. The molecule has 106 valence electrons. The van der Waals surface area contributed by atoms with Gasteiger partial charge in [0.15, 0.2) is 0 Å². The normalized spacial score (nSPS) is 13.6. The van der Waals surface area contributed by atoms with Crippen molar-refractivity contribution in [3.63, 3.8) is 0 Å². The predicted octanol–water partition coefficient (Wildman–Crippen LogP) is 2.42. The SMILES string of the molecule is C=CC.COc1ccc2c(c1)CN(CCCO)CO2. The summed E-state index contributed by atoms with van der Waals surface area (Å²) < 4.78 is 10.8. The summed E-state index contributed by atoms with van der Waals surface area (Å²) in [4.78, 5) is 2.16. The molecule has 0 spiro atoms. The smallest absolute Gasteiger partial charge is 0.142 e. The number of allylic oxidation sites excluding steroid dienone is 1. The van der Waals surface area contributed by atoms with E-state index in [1.807, 2.05) is 25.1 Å². The van der Waals surface area contributed by atoms with Crippen LogP contribution < -0.4 is 9.47 Å². The molecule has 0 saturated heterocycles. The van der Waals surface area contributed by atoms with Crippen molar-refractivity contribution in [3.05, 3.63) is 36.4 Å². The Labute approximate surface area is 115 Å². The van der Waals surface area contributed by atoms with Crippen molar-refractivity contribution < 1.29 is 14.6 Å². The zero-order valence-corrected chi connectivity index (χ0v) is 11.8. The number of hydrogen-bond acceptors (Lipinski definition) is 4. The number of aliphatic hydroxyl groups excluding tert-OH is 1. The molecule has 1 N–H and O–H groups in total. The van der Waals surface area contributed by atoms with Crippen molar-refractivity contribution in [1.82, 2.24) is 4.90 Å². The van der Waals surface area contributed by atoms with Crippen LogP contribution in [0.3, 0.4) is 0 Å². The summed E-state index contributed by atoms with van der Waals surface area (Å²) in [5.74, 6) is 1.78. The van der Waals surface area contributed by atoms with Gasteiger partial charge in [-0.25, -0.2) is 0 Å². The second-order valence-corrected chi connectivity index (χ2v) is 4.29. The first-order valence-electron chi connectivity index (χ1n) is 6.45. The van der Waals surface area contributed by atoms with Crippen molar-refractivity contribution in [1.29, 1.82) is 0 Å². The van der Waals surface area contributed by atoms with Crippen LogP contribution in [-0.4, -0.2) is 37.0 Å². The molecule has 4 heteroatoms. The van der Waals surface area contributed by atoms with Gasteiger partial charge in [0, 0.05) is 25.3 Å². The van der Waals surface area contributed by atoms with Crippen molar-refractivity contribution in [3.8, 4) is 11.5 Å². The molecule has 0 fully saturated rings. The summed E-state index contributed by atoms with van der Waals surface area (Å²) in [7, 11) is 1.66. The van der Waals surface area contributed by atoms with Gasteiger partial charge >= 0.3 is 0 Å². The minimum atomic E-state index is 0.224. The Hall–Kier alpha value is -1.52. The van der Waals surface area contributed by atoms with Gasteiger partial charge in [-0.2, -0.15) is 0 Å². The standard InChI is InChI=1S/C12H17NO3.C3H6/c1-15-11-3-4-12-10(7-11)8-13(9-16-12)5-2-6-14;1-3-2/h3-4,7,14H,2,5-6,8-9H2,1H3;3H,1H2,2H3. The molecule has 19 heavy (non-hydrogen) atoms. The second kappa shape index (κ2) is 8.56. The molecule has 4 nitrogen and oxygen atoms in total. The van der Waals surface area contributed by atoms with Crippen LogP contribution >= 0.6 is 0 Å². The molecule has 1 heterocycles. The number of fused-ring (bicyclic) bond motifs is 1. The third-order valence-corrected chi connectivity index (χ3v) is 2.70. The second-order valence-electron chi connectivity index (χ2n) is 4.29. The van der Waals surface area contributed by atoms with Crippen molar-refractivity contribution >= 4 is 0 Å². The molecule has 0 bridgehead atoms. The number of aliphatic hydroxyl groups is 1. The molecule has 0 radical (unpaired) electrons. The summed E-state index contributed by atoms with van der Waals surface area (Å²) in [6.45, 7) is 7.78. The third kappa shape index (κ3) is 4.93. The predicted molar refractivity (Wildman–Crippen MR) is 76.5 cm³/mol. The molecule has 0 aliphatic carbocycles. The van der Waals surface area contributed by atoms with Crippen LogP contribution in [0.2, 0.25) is 0 Å². The number of methoxy groups -OCH3 is 1. The Morgan fingerprint density at radius 2 is 2.26 bits per heavy atom. The van der Waals surface area contributed by atoms with E-state index in [9.17, 15) is 0 Å². The highest BCUT2D eigenvalue weighted by molar-refractivity contribution is 5.41. The fraction of sp³-hybridized carbons (Fsp3) is 0.467. The number of rotatable bonds is 4. The van der Waals surface area contributed by atoms with Crippen molar-refractivity contribution in [2.45, 2.75) is 19.9 Å². The average Bonchev–Trinajstić information content (AvgIpc) is 2.45. The van der Waals surface area contributed by atoms with Gasteiger partial charge < -0.3 is 14.6 Å². The van der Waals surface area contributed by atoms with Crippen molar-refractivity contribution in [2.75, 3.05) is 27.0 Å². The van der Waals surface area contributed by atoms with E-state index in [4.69, 9.17) is 14.6 Å². The molecule has 1 aromatic carbocycles. The lowest BCUT2D eigenvalue weighted by atomic mass is 10.1. The van der Waals surface area contributed by atoms with Crippen LogP contribution in [0.1, 0.15) is 18.9 Å². The topological polar surface area (TPSA) is 41.9 Å². The van der Waals surface area contributed by atoms with Gasteiger partial charge in [-0.05, 0) is 31.5 Å². The van der Waals surface area contributed by atoms with E-state index in [-0.39, 0.29) is 6.61 Å². The minimum Gasteiger partial charge on any atom is -0.497 e. The minimum absolute atomic E-state index is 0.224. The lowest BCUT2D eigenvalue weighted by Gasteiger charge is -2.28. The highest BCUT2D eigenvalue weighted by Crippen LogP contribution is 2.28. The summed E-state index contributed by atoms with van der Waals surface area (Å²) in [5, 5.41) is 8.79. The van der Waals surface area contributed by atoms with Gasteiger partial charge in [0.2, 0.25) is 0 Å². The Kier molecular flexibility index (Phi) is 7.00. The van der Waals surface area contributed by atoms with Gasteiger partial charge in [0.1, 0.15) is 18.2 Å². The van der Waals surface area contributed by atoms with Gasteiger partial charge in [-0.15, -0.1) is 6.58 Å². The first-order chi connectivity index (χ1) is 9.24. The maximum atomic E-state index is 8.79. The molecule has 1 aliphatic heterocycles. The van der Waals surface area contributed by atoms with E-state index in [0.717, 1.165) is 36.6 Å². The lowest BCUT2D eigenvalue weighted by molar-refractivity contribution is 0.0882. The number of benzene rings is 1. The van der Waals surface area contributed by atoms with Crippen LogP contribution in [0.15, 0.2) is 30.9 Å². The Balaban J connectivity index is 0.000000550. The molecule has 1 aliphatic rings. The Morgan fingerprint density at radius 3 is 2.89 bits per heavy atom. The zero-order chi connectivity index (χ0) is 14.1. The average molecular weight is 265 g/mol. The van der Waals surface area contributed by atoms with E-state index in [1.165, 1.54) is 0 Å². The summed E-state index contributed by atoms with van der Waals surface area (Å²) in [6, 6.07) is 5.85. The largest absolute Gasteiger partial charge is 0.497 e. The number of hydrogen-bond donors (Lipinski definition) is 1.